The number of anilines is 3. The molecule has 0 saturated carbocycles. The molecule has 11 aromatic carbocycles. The summed E-state index contributed by atoms with van der Waals surface area (Å²) in [5.41, 5.74) is 16.4. The van der Waals surface area contributed by atoms with Crippen LogP contribution in [0.2, 0.25) is 0 Å². The highest BCUT2D eigenvalue weighted by molar-refractivity contribution is 6.12. The smallest absolute Gasteiger partial charge is 0.0541 e. The first-order valence-corrected chi connectivity index (χ1v) is 22.0. The first kappa shape index (κ1) is 37.3. The number of rotatable bonds is 8. The minimum atomic E-state index is 1.09. The molecule has 12 rings (SSSR count). The molecule has 0 unspecified atom stereocenters. The molecule has 0 fully saturated rings. The van der Waals surface area contributed by atoms with Gasteiger partial charge < -0.3 is 9.47 Å². The van der Waals surface area contributed by atoms with Gasteiger partial charge in [0.05, 0.1) is 22.4 Å². The Kier molecular flexibility index (Phi) is 9.20. The van der Waals surface area contributed by atoms with Gasteiger partial charge in [0.15, 0.2) is 0 Å². The molecular weight excluding hydrogens is 773 g/mol. The summed E-state index contributed by atoms with van der Waals surface area (Å²) < 4.78 is 2.43. The van der Waals surface area contributed by atoms with Gasteiger partial charge in [0, 0.05) is 32.9 Å². The number of hydrogen-bond acceptors (Lipinski definition) is 1. The second-order valence-electron chi connectivity index (χ2n) is 16.5. The van der Waals surface area contributed by atoms with E-state index in [9.17, 15) is 0 Å². The topological polar surface area (TPSA) is 8.17 Å². The van der Waals surface area contributed by atoms with Crippen LogP contribution in [0.4, 0.5) is 17.1 Å². The molecule has 0 spiro atoms. The van der Waals surface area contributed by atoms with Gasteiger partial charge in [-0.1, -0.05) is 200 Å². The standard InChI is InChI=1S/C62H42N2/c1-3-17-44(18-4-1)51-25-11-12-28-54(51)55-39-38-50(42-57(55)47-19-5-2-6-20-47)63(59-31-15-23-45-21-7-9-26-52(45)59)49-36-33-43(34-37-49)48-35-40-62-58(41-48)56-29-13-14-30-61(56)64(62)60-32-16-24-46-22-8-10-27-53(46)60/h1-42H. The molecule has 0 radical (unpaired) electrons. The van der Waals surface area contributed by atoms with Crippen molar-refractivity contribution < 1.29 is 0 Å². The average molecular weight is 815 g/mol. The number of nitrogens with zero attached hydrogens (tertiary/aromatic N) is 2. The predicted octanol–water partition coefficient (Wildman–Crippen LogP) is 17.2. The third-order valence-corrected chi connectivity index (χ3v) is 12.8. The number of aromatic nitrogens is 1. The van der Waals surface area contributed by atoms with Crippen LogP contribution >= 0.6 is 0 Å². The van der Waals surface area contributed by atoms with E-state index in [1.54, 1.807) is 0 Å². The Bertz CT molecular complexity index is 3650. The van der Waals surface area contributed by atoms with E-state index in [1.165, 1.54) is 93.5 Å². The van der Waals surface area contributed by atoms with E-state index in [1.807, 2.05) is 0 Å². The quantitative estimate of drug-likeness (QED) is 0.148. The van der Waals surface area contributed by atoms with E-state index in [4.69, 9.17) is 0 Å². The maximum atomic E-state index is 2.43. The minimum Gasteiger partial charge on any atom is -0.310 e. The van der Waals surface area contributed by atoms with Gasteiger partial charge in [-0.15, -0.1) is 0 Å². The van der Waals surface area contributed by atoms with Crippen LogP contribution in [0.25, 0.3) is 93.5 Å². The highest BCUT2D eigenvalue weighted by atomic mass is 15.1. The zero-order chi connectivity index (χ0) is 42.4. The Morgan fingerprint density at radius 1 is 0.266 bits per heavy atom. The Morgan fingerprint density at radius 3 is 1.56 bits per heavy atom. The van der Waals surface area contributed by atoms with Gasteiger partial charge in [0.2, 0.25) is 0 Å². The first-order chi connectivity index (χ1) is 31.8. The fraction of sp³-hybridized carbons (Fsp3) is 0. The van der Waals surface area contributed by atoms with E-state index < -0.39 is 0 Å². The Balaban J connectivity index is 1.00. The summed E-state index contributed by atoms with van der Waals surface area (Å²) in [4.78, 5) is 2.42. The molecule has 64 heavy (non-hydrogen) atoms. The molecule has 0 atom stereocenters. The molecule has 0 aliphatic carbocycles. The summed E-state index contributed by atoms with van der Waals surface area (Å²) in [5, 5.41) is 7.36. The molecule has 1 aromatic heterocycles. The maximum absolute atomic E-state index is 2.43. The van der Waals surface area contributed by atoms with Gasteiger partial charge in [-0.05, 0) is 110 Å². The molecule has 0 bridgehead atoms. The lowest BCUT2D eigenvalue weighted by atomic mass is 9.89. The van der Waals surface area contributed by atoms with E-state index >= 15 is 0 Å². The van der Waals surface area contributed by atoms with Crippen LogP contribution in [0, 0.1) is 0 Å². The van der Waals surface area contributed by atoms with Crippen molar-refractivity contribution in [2.24, 2.45) is 0 Å². The van der Waals surface area contributed by atoms with Gasteiger partial charge in [-0.3, -0.25) is 0 Å². The van der Waals surface area contributed by atoms with Crippen LogP contribution in [-0.2, 0) is 0 Å². The summed E-state index contributed by atoms with van der Waals surface area (Å²) in [6.07, 6.45) is 0. The lowest BCUT2D eigenvalue weighted by molar-refractivity contribution is 1.20. The molecule has 0 aliphatic rings. The van der Waals surface area contributed by atoms with Crippen molar-refractivity contribution in [2.45, 2.75) is 0 Å². The van der Waals surface area contributed by atoms with E-state index in [0.29, 0.717) is 0 Å². The number of para-hydroxylation sites is 1. The molecule has 0 saturated heterocycles. The lowest BCUT2D eigenvalue weighted by Gasteiger charge is -2.28. The summed E-state index contributed by atoms with van der Waals surface area (Å²) in [6.45, 7) is 0. The summed E-state index contributed by atoms with van der Waals surface area (Å²) in [7, 11) is 0. The van der Waals surface area contributed by atoms with Crippen molar-refractivity contribution >= 4 is 60.4 Å². The van der Waals surface area contributed by atoms with Crippen molar-refractivity contribution in [1.29, 1.82) is 0 Å². The van der Waals surface area contributed by atoms with Gasteiger partial charge in [0.1, 0.15) is 0 Å². The molecule has 0 amide bonds. The maximum Gasteiger partial charge on any atom is 0.0541 e. The van der Waals surface area contributed by atoms with Crippen molar-refractivity contribution in [3.8, 4) is 50.2 Å². The second-order valence-corrected chi connectivity index (χ2v) is 16.5. The fourth-order valence-corrected chi connectivity index (χ4v) is 9.80. The van der Waals surface area contributed by atoms with E-state index in [2.05, 4.69) is 264 Å². The molecular formula is C62H42N2. The zero-order valence-corrected chi connectivity index (χ0v) is 35.1. The monoisotopic (exact) mass is 814 g/mol. The van der Waals surface area contributed by atoms with Crippen molar-refractivity contribution in [2.75, 3.05) is 4.90 Å². The minimum absolute atomic E-state index is 1.09. The van der Waals surface area contributed by atoms with Crippen LogP contribution in [0.5, 0.6) is 0 Å². The Labute approximate surface area is 373 Å². The largest absolute Gasteiger partial charge is 0.310 e. The number of benzene rings is 11. The molecule has 0 aliphatic heterocycles. The Morgan fingerprint density at radius 2 is 0.797 bits per heavy atom. The molecule has 2 nitrogen and oxygen atoms in total. The third kappa shape index (κ3) is 6.44. The summed E-state index contributed by atoms with van der Waals surface area (Å²) in [5.74, 6) is 0. The highest BCUT2D eigenvalue weighted by Crippen LogP contribution is 2.45. The molecule has 0 N–H and O–H groups in total. The highest BCUT2D eigenvalue weighted by Gasteiger charge is 2.20. The van der Waals surface area contributed by atoms with Gasteiger partial charge in [-0.2, -0.15) is 0 Å². The lowest BCUT2D eigenvalue weighted by Crippen LogP contribution is -2.11. The number of hydrogen-bond donors (Lipinski definition) is 0. The fourth-order valence-electron chi connectivity index (χ4n) is 9.80. The molecule has 12 aromatic rings. The van der Waals surface area contributed by atoms with Gasteiger partial charge in [0.25, 0.3) is 0 Å². The van der Waals surface area contributed by atoms with E-state index in [0.717, 1.165) is 17.1 Å². The third-order valence-electron chi connectivity index (χ3n) is 12.8. The first-order valence-electron chi connectivity index (χ1n) is 22.0. The molecule has 1 heterocycles. The van der Waals surface area contributed by atoms with Crippen LogP contribution in [0.3, 0.4) is 0 Å². The van der Waals surface area contributed by atoms with Gasteiger partial charge in [-0.25, -0.2) is 0 Å². The Hall–Kier alpha value is -8.46. The average Bonchev–Trinajstić information content (AvgIpc) is 3.70. The van der Waals surface area contributed by atoms with Crippen LogP contribution in [0.1, 0.15) is 0 Å². The number of fused-ring (bicyclic) bond motifs is 5. The van der Waals surface area contributed by atoms with Crippen LogP contribution in [0.15, 0.2) is 255 Å². The van der Waals surface area contributed by atoms with Crippen LogP contribution < -0.4 is 4.90 Å². The van der Waals surface area contributed by atoms with Crippen molar-refractivity contribution in [3.63, 3.8) is 0 Å². The summed E-state index contributed by atoms with van der Waals surface area (Å²) in [6, 6.07) is 92.7. The van der Waals surface area contributed by atoms with E-state index in [-0.39, 0.29) is 0 Å². The second kappa shape index (κ2) is 15.8. The predicted molar refractivity (Wildman–Crippen MR) is 272 cm³/mol. The summed E-state index contributed by atoms with van der Waals surface area (Å²) >= 11 is 0. The molecule has 2 heteroatoms. The van der Waals surface area contributed by atoms with Crippen molar-refractivity contribution in [3.05, 3.63) is 255 Å². The zero-order valence-electron chi connectivity index (χ0n) is 35.1. The van der Waals surface area contributed by atoms with Gasteiger partial charge >= 0.3 is 0 Å². The normalized spacial score (nSPS) is 11.4. The van der Waals surface area contributed by atoms with Crippen LogP contribution in [-0.4, -0.2) is 4.57 Å². The SMILES string of the molecule is c1ccc(-c2ccccc2-c2ccc(N(c3ccc(-c4ccc5c(c4)c4ccccc4n5-c4cccc5ccccc45)cc3)c3cccc4ccccc34)cc2-c2ccccc2)cc1. The molecule has 300 valence electrons. The van der Waals surface area contributed by atoms with Crippen molar-refractivity contribution in [1.82, 2.24) is 4.57 Å².